The highest BCUT2D eigenvalue weighted by Crippen LogP contribution is 2.29. The van der Waals surface area contributed by atoms with Crippen LogP contribution in [0.1, 0.15) is 33.5 Å². The number of carbonyl (C=O) groups is 2. The van der Waals surface area contributed by atoms with Gasteiger partial charge < -0.3 is 19.5 Å². The van der Waals surface area contributed by atoms with Crippen LogP contribution in [0, 0.1) is 5.82 Å². The van der Waals surface area contributed by atoms with Gasteiger partial charge in [0.25, 0.3) is 5.91 Å². The average molecular weight is 570 g/mol. The number of para-hydroxylation sites is 1. The Labute approximate surface area is 235 Å². The minimum atomic E-state index is -4.47. The summed E-state index contributed by atoms with van der Waals surface area (Å²) in [6, 6.07) is 17.5. The summed E-state index contributed by atoms with van der Waals surface area (Å²) >= 11 is 0. The first-order valence-corrected chi connectivity index (χ1v) is 13.2. The van der Waals surface area contributed by atoms with Crippen LogP contribution in [0.3, 0.4) is 0 Å². The summed E-state index contributed by atoms with van der Waals surface area (Å²) in [5.41, 5.74) is 1.94. The van der Waals surface area contributed by atoms with Crippen molar-refractivity contribution in [2.75, 3.05) is 33.4 Å². The number of aromatic amines is 1. The number of hydrogen-bond acceptors (Lipinski definition) is 3. The van der Waals surface area contributed by atoms with E-state index in [1.807, 2.05) is 30.5 Å². The van der Waals surface area contributed by atoms with Gasteiger partial charge in [0.2, 0.25) is 5.91 Å². The van der Waals surface area contributed by atoms with E-state index in [-0.39, 0.29) is 37.6 Å². The smallest absolute Gasteiger partial charge is 0.385 e. The molecule has 0 aliphatic heterocycles. The van der Waals surface area contributed by atoms with Crippen LogP contribution in [0.15, 0.2) is 79.0 Å². The van der Waals surface area contributed by atoms with Crippen molar-refractivity contribution < 1.29 is 31.9 Å². The van der Waals surface area contributed by atoms with E-state index in [9.17, 15) is 27.2 Å². The number of benzene rings is 3. The number of fused-ring (bicyclic) bond motifs is 1. The molecule has 0 radical (unpaired) electrons. The molecule has 3 aromatic carbocycles. The molecule has 0 fully saturated rings. The molecule has 6 nitrogen and oxygen atoms in total. The Morgan fingerprint density at radius 1 is 0.902 bits per heavy atom. The second kappa shape index (κ2) is 13.5. The lowest BCUT2D eigenvalue weighted by Gasteiger charge is -2.28. The van der Waals surface area contributed by atoms with E-state index in [2.05, 4.69) is 4.98 Å². The van der Waals surface area contributed by atoms with E-state index >= 15 is 0 Å². The maximum Gasteiger partial charge on any atom is 0.416 e. The highest BCUT2D eigenvalue weighted by molar-refractivity contribution is 5.96. The molecule has 0 aliphatic carbocycles. The molecule has 0 saturated heterocycles. The van der Waals surface area contributed by atoms with Crippen molar-refractivity contribution in [3.63, 3.8) is 0 Å². The maximum atomic E-state index is 13.7. The molecule has 10 heteroatoms. The number of halogens is 4. The highest BCUT2D eigenvalue weighted by atomic mass is 19.4. The van der Waals surface area contributed by atoms with Crippen molar-refractivity contribution in [1.29, 1.82) is 0 Å². The fraction of sp³-hybridized carbons (Fsp3) is 0.290. The van der Waals surface area contributed by atoms with Gasteiger partial charge in [-0.3, -0.25) is 9.59 Å². The van der Waals surface area contributed by atoms with Gasteiger partial charge in [0.15, 0.2) is 0 Å². The summed E-state index contributed by atoms with van der Waals surface area (Å²) in [6.45, 7) is 0.687. The number of alkyl halides is 3. The van der Waals surface area contributed by atoms with Gasteiger partial charge in [-0.15, -0.1) is 0 Å². The first-order valence-electron chi connectivity index (χ1n) is 13.2. The van der Waals surface area contributed by atoms with E-state index in [0.29, 0.717) is 25.0 Å². The standard InChI is InChI=1S/C31H31F4N3O3/c1-41-18-4-16-38(30(40)23-9-13-26(32)14-10-23)21-29(39)37(20-22-7-11-25(12-8-22)31(33,34)35)17-15-24-19-36-28-6-3-2-5-27(24)28/h2-3,5-14,19,36H,4,15-18,20-21H2,1H3. The summed E-state index contributed by atoms with van der Waals surface area (Å²) in [6.07, 6.45) is -1.62. The first-order chi connectivity index (χ1) is 19.7. The Morgan fingerprint density at radius 2 is 1.61 bits per heavy atom. The molecule has 1 N–H and O–H groups in total. The summed E-state index contributed by atoms with van der Waals surface area (Å²) in [7, 11) is 1.54. The molecule has 0 saturated carbocycles. The zero-order valence-electron chi connectivity index (χ0n) is 22.6. The monoisotopic (exact) mass is 569 g/mol. The summed E-state index contributed by atoms with van der Waals surface area (Å²) in [5.74, 6) is -1.28. The molecule has 0 bridgehead atoms. The maximum absolute atomic E-state index is 13.7. The van der Waals surface area contributed by atoms with E-state index < -0.39 is 23.5 Å². The van der Waals surface area contributed by atoms with Crippen LogP contribution >= 0.6 is 0 Å². The lowest BCUT2D eigenvalue weighted by Crippen LogP contribution is -2.44. The quantitative estimate of drug-likeness (QED) is 0.166. The Bertz CT molecular complexity index is 1450. The Morgan fingerprint density at radius 3 is 2.29 bits per heavy atom. The fourth-order valence-corrected chi connectivity index (χ4v) is 4.60. The van der Waals surface area contributed by atoms with Crippen LogP contribution in [0.4, 0.5) is 17.6 Å². The minimum absolute atomic E-state index is 0.0655. The lowest BCUT2D eigenvalue weighted by atomic mass is 10.1. The molecule has 1 heterocycles. The molecule has 0 aliphatic rings. The second-order valence-corrected chi connectivity index (χ2v) is 9.70. The lowest BCUT2D eigenvalue weighted by molar-refractivity contribution is -0.137. The largest absolute Gasteiger partial charge is 0.416 e. The van der Waals surface area contributed by atoms with Gasteiger partial charge in [-0.2, -0.15) is 13.2 Å². The number of amides is 2. The van der Waals surface area contributed by atoms with Gasteiger partial charge in [-0.25, -0.2) is 4.39 Å². The van der Waals surface area contributed by atoms with Crippen LogP contribution in [-0.2, 0) is 28.7 Å². The molecular weight excluding hydrogens is 538 g/mol. The number of ether oxygens (including phenoxy) is 1. The van der Waals surface area contributed by atoms with Gasteiger partial charge in [0.1, 0.15) is 12.4 Å². The normalized spacial score (nSPS) is 11.5. The molecule has 0 spiro atoms. The van der Waals surface area contributed by atoms with Crippen molar-refractivity contribution in [3.8, 4) is 0 Å². The molecule has 2 amide bonds. The van der Waals surface area contributed by atoms with Gasteiger partial charge in [-0.05, 0) is 66.4 Å². The molecule has 0 atom stereocenters. The molecule has 0 unspecified atom stereocenters. The third kappa shape index (κ3) is 7.94. The predicted molar refractivity (Wildman–Crippen MR) is 148 cm³/mol. The third-order valence-electron chi connectivity index (χ3n) is 6.81. The van der Waals surface area contributed by atoms with Crippen LogP contribution in [0.2, 0.25) is 0 Å². The fourth-order valence-electron chi connectivity index (χ4n) is 4.60. The van der Waals surface area contributed by atoms with Gasteiger partial charge in [0.05, 0.1) is 5.56 Å². The minimum Gasteiger partial charge on any atom is -0.385 e. The third-order valence-corrected chi connectivity index (χ3v) is 6.81. The summed E-state index contributed by atoms with van der Waals surface area (Å²) in [4.78, 5) is 33.1. The van der Waals surface area contributed by atoms with E-state index in [0.717, 1.165) is 28.6 Å². The Kier molecular flexibility index (Phi) is 9.78. The van der Waals surface area contributed by atoms with Crippen molar-refractivity contribution >= 4 is 22.7 Å². The second-order valence-electron chi connectivity index (χ2n) is 9.70. The SMILES string of the molecule is COCCCN(CC(=O)N(CCc1c[nH]c2ccccc12)Cc1ccc(C(F)(F)F)cc1)C(=O)c1ccc(F)cc1. The molecule has 216 valence electrons. The Hall–Kier alpha value is -4.18. The number of hydrogen-bond donors (Lipinski definition) is 1. The van der Waals surface area contributed by atoms with E-state index in [1.165, 1.54) is 48.4 Å². The van der Waals surface area contributed by atoms with Crippen LogP contribution < -0.4 is 0 Å². The molecule has 41 heavy (non-hydrogen) atoms. The van der Waals surface area contributed by atoms with E-state index in [1.54, 1.807) is 4.90 Å². The number of rotatable bonds is 12. The number of carbonyl (C=O) groups excluding carboxylic acids is 2. The van der Waals surface area contributed by atoms with E-state index in [4.69, 9.17) is 4.74 Å². The summed E-state index contributed by atoms with van der Waals surface area (Å²) < 4.78 is 57.8. The number of aromatic nitrogens is 1. The predicted octanol–water partition coefficient (Wildman–Crippen LogP) is 6.08. The molecule has 1 aromatic heterocycles. The molecule has 4 rings (SSSR count). The molecular formula is C31H31F4N3O3. The van der Waals surface area contributed by atoms with Crippen molar-refractivity contribution in [2.45, 2.75) is 25.6 Å². The zero-order valence-corrected chi connectivity index (χ0v) is 22.6. The van der Waals surface area contributed by atoms with Gasteiger partial charge in [-0.1, -0.05) is 30.3 Å². The van der Waals surface area contributed by atoms with Crippen LogP contribution in [0.25, 0.3) is 10.9 Å². The average Bonchev–Trinajstić information content (AvgIpc) is 3.37. The topological polar surface area (TPSA) is 65.6 Å². The molecule has 4 aromatic rings. The van der Waals surface area contributed by atoms with Gasteiger partial charge >= 0.3 is 6.18 Å². The Balaban J connectivity index is 1.56. The van der Waals surface area contributed by atoms with Crippen molar-refractivity contribution in [2.24, 2.45) is 0 Å². The number of H-pyrrole nitrogens is 1. The summed E-state index contributed by atoms with van der Waals surface area (Å²) in [5, 5.41) is 1.02. The van der Waals surface area contributed by atoms with Crippen molar-refractivity contribution in [3.05, 3.63) is 107 Å². The van der Waals surface area contributed by atoms with Gasteiger partial charge in [0, 0.05) is 56.0 Å². The van der Waals surface area contributed by atoms with Crippen LogP contribution in [-0.4, -0.2) is 59.9 Å². The first kappa shape index (κ1) is 29.8. The number of nitrogens with zero attached hydrogens (tertiary/aromatic N) is 2. The zero-order chi connectivity index (χ0) is 29.4. The number of methoxy groups -OCH3 is 1. The van der Waals surface area contributed by atoms with Crippen molar-refractivity contribution in [1.82, 2.24) is 14.8 Å². The number of nitrogens with one attached hydrogen (secondary N) is 1. The highest BCUT2D eigenvalue weighted by Gasteiger charge is 2.30. The van der Waals surface area contributed by atoms with Crippen LogP contribution in [0.5, 0.6) is 0 Å².